The van der Waals surface area contributed by atoms with Gasteiger partial charge in [0.1, 0.15) is 5.76 Å². The standard InChI is InChI=1S/C21H21N3O3S/c1-13-7-9-16(10-8-13)21(26)22-17-5-4-6-18(12-17)28-15(3)20(25)23-19-11-14(2)27-24-19/h4-12,15H,1-3H3,(H,22,26)(H,23,24,25). The van der Waals surface area contributed by atoms with E-state index in [0.717, 1.165) is 10.5 Å². The van der Waals surface area contributed by atoms with Gasteiger partial charge in [-0.1, -0.05) is 28.9 Å². The first-order chi connectivity index (χ1) is 13.4. The molecule has 0 saturated carbocycles. The molecule has 1 aromatic heterocycles. The van der Waals surface area contributed by atoms with Crippen molar-refractivity contribution in [1.82, 2.24) is 5.16 Å². The first-order valence-electron chi connectivity index (χ1n) is 8.79. The number of nitrogens with one attached hydrogen (secondary N) is 2. The number of thioether (sulfide) groups is 1. The predicted octanol–water partition coefficient (Wildman–Crippen LogP) is 4.66. The Balaban J connectivity index is 1.61. The molecule has 0 aliphatic carbocycles. The molecule has 7 heteroatoms. The molecule has 144 valence electrons. The maximum Gasteiger partial charge on any atom is 0.255 e. The lowest BCUT2D eigenvalue weighted by Crippen LogP contribution is -2.22. The molecule has 2 amide bonds. The van der Waals surface area contributed by atoms with E-state index in [1.807, 2.05) is 50.2 Å². The first-order valence-corrected chi connectivity index (χ1v) is 9.67. The van der Waals surface area contributed by atoms with Crippen molar-refractivity contribution in [3.8, 4) is 0 Å². The average Bonchev–Trinajstić information content (AvgIpc) is 3.07. The fourth-order valence-corrected chi connectivity index (χ4v) is 3.39. The zero-order valence-electron chi connectivity index (χ0n) is 15.9. The van der Waals surface area contributed by atoms with Crippen LogP contribution < -0.4 is 10.6 Å². The predicted molar refractivity (Wildman–Crippen MR) is 111 cm³/mol. The highest BCUT2D eigenvalue weighted by atomic mass is 32.2. The van der Waals surface area contributed by atoms with Crippen LogP contribution >= 0.6 is 11.8 Å². The molecule has 1 unspecified atom stereocenters. The van der Waals surface area contributed by atoms with Crippen LogP contribution in [0.5, 0.6) is 0 Å². The van der Waals surface area contributed by atoms with Gasteiger partial charge < -0.3 is 15.2 Å². The van der Waals surface area contributed by atoms with E-state index in [2.05, 4.69) is 15.8 Å². The second kappa shape index (κ2) is 8.75. The number of benzene rings is 2. The molecule has 28 heavy (non-hydrogen) atoms. The van der Waals surface area contributed by atoms with Crippen LogP contribution in [0.25, 0.3) is 0 Å². The van der Waals surface area contributed by atoms with Crippen LogP contribution in [0.3, 0.4) is 0 Å². The SMILES string of the molecule is Cc1ccc(C(=O)Nc2cccc(SC(C)C(=O)Nc3cc(C)on3)c2)cc1. The number of anilines is 2. The van der Waals surface area contributed by atoms with Gasteiger partial charge in [0.15, 0.2) is 5.82 Å². The van der Waals surface area contributed by atoms with Gasteiger partial charge in [0.25, 0.3) is 5.91 Å². The molecule has 0 bridgehead atoms. The van der Waals surface area contributed by atoms with Gasteiger partial charge in [-0.3, -0.25) is 9.59 Å². The van der Waals surface area contributed by atoms with Crippen LogP contribution in [0.1, 0.15) is 28.6 Å². The maximum absolute atomic E-state index is 12.4. The average molecular weight is 395 g/mol. The topological polar surface area (TPSA) is 84.2 Å². The molecular weight excluding hydrogens is 374 g/mol. The lowest BCUT2D eigenvalue weighted by Gasteiger charge is -2.12. The Kier molecular flexibility index (Phi) is 6.16. The molecular formula is C21H21N3O3S. The normalized spacial score (nSPS) is 11.7. The van der Waals surface area contributed by atoms with Gasteiger partial charge in [0.05, 0.1) is 5.25 Å². The number of aromatic nitrogens is 1. The summed E-state index contributed by atoms with van der Waals surface area (Å²) < 4.78 is 4.95. The summed E-state index contributed by atoms with van der Waals surface area (Å²) >= 11 is 1.40. The molecule has 2 N–H and O–H groups in total. The Labute approximate surface area is 167 Å². The van der Waals surface area contributed by atoms with E-state index in [1.54, 1.807) is 25.1 Å². The third kappa shape index (κ3) is 5.23. The van der Waals surface area contributed by atoms with Gasteiger partial charge in [0.2, 0.25) is 5.91 Å². The first kappa shape index (κ1) is 19.7. The molecule has 0 aliphatic heterocycles. The number of rotatable bonds is 6. The van der Waals surface area contributed by atoms with Crippen LogP contribution in [0.15, 0.2) is 64.0 Å². The number of carbonyl (C=O) groups excluding carboxylic acids is 2. The number of hydrogen-bond donors (Lipinski definition) is 2. The smallest absolute Gasteiger partial charge is 0.255 e. The summed E-state index contributed by atoms with van der Waals surface area (Å²) in [5, 5.41) is 9.02. The van der Waals surface area contributed by atoms with Crippen LogP contribution in [0, 0.1) is 13.8 Å². The molecule has 0 aliphatic rings. The van der Waals surface area contributed by atoms with Gasteiger partial charge in [-0.2, -0.15) is 0 Å². The van der Waals surface area contributed by atoms with Gasteiger partial charge in [-0.25, -0.2) is 0 Å². The van der Waals surface area contributed by atoms with Crippen LogP contribution in [-0.4, -0.2) is 22.2 Å². The number of amides is 2. The zero-order chi connectivity index (χ0) is 20.1. The van der Waals surface area contributed by atoms with Crippen molar-refractivity contribution >= 4 is 35.1 Å². The highest BCUT2D eigenvalue weighted by Crippen LogP contribution is 2.27. The maximum atomic E-state index is 12.4. The number of hydrogen-bond acceptors (Lipinski definition) is 5. The number of carbonyl (C=O) groups is 2. The summed E-state index contributed by atoms with van der Waals surface area (Å²) in [6.07, 6.45) is 0. The van der Waals surface area contributed by atoms with Gasteiger partial charge in [-0.05, 0) is 51.1 Å². The molecule has 3 rings (SSSR count). The van der Waals surface area contributed by atoms with Crippen molar-refractivity contribution in [3.63, 3.8) is 0 Å². The molecule has 1 atom stereocenters. The van der Waals surface area contributed by atoms with E-state index in [-0.39, 0.29) is 17.1 Å². The van der Waals surface area contributed by atoms with Crippen molar-refractivity contribution in [2.24, 2.45) is 0 Å². The Bertz CT molecular complexity index is 983. The lowest BCUT2D eigenvalue weighted by atomic mass is 10.1. The van der Waals surface area contributed by atoms with Crippen molar-refractivity contribution in [1.29, 1.82) is 0 Å². The van der Waals surface area contributed by atoms with Crippen molar-refractivity contribution < 1.29 is 14.1 Å². The fourth-order valence-electron chi connectivity index (χ4n) is 2.47. The third-order valence-corrected chi connectivity index (χ3v) is 5.06. The lowest BCUT2D eigenvalue weighted by molar-refractivity contribution is -0.115. The molecule has 1 heterocycles. The summed E-state index contributed by atoms with van der Waals surface area (Å²) in [4.78, 5) is 25.6. The van der Waals surface area contributed by atoms with E-state index in [0.29, 0.717) is 22.8 Å². The highest BCUT2D eigenvalue weighted by molar-refractivity contribution is 8.00. The largest absolute Gasteiger partial charge is 0.360 e. The van der Waals surface area contributed by atoms with Crippen molar-refractivity contribution in [2.75, 3.05) is 10.6 Å². The van der Waals surface area contributed by atoms with Crippen LogP contribution in [-0.2, 0) is 4.79 Å². The second-order valence-electron chi connectivity index (χ2n) is 6.42. The van der Waals surface area contributed by atoms with Crippen LogP contribution in [0.4, 0.5) is 11.5 Å². The summed E-state index contributed by atoms with van der Waals surface area (Å²) in [6, 6.07) is 16.5. The van der Waals surface area contributed by atoms with Gasteiger partial charge in [-0.15, -0.1) is 11.8 Å². The zero-order valence-corrected chi connectivity index (χ0v) is 16.7. The monoisotopic (exact) mass is 395 g/mol. The molecule has 3 aromatic rings. The summed E-state index contributed by atoms with van der Waals surface area (Å²) in [6.45, 7) is 5.55. The summed E-state index contributed by atoms with van der Waals surface area (Å²) in [5.74, 6) is 0.684. The quantitative estimate of drug-likeness (QED) is 0.593. The van der Waals surface area contributed by atoms with Crippen molar-refractivity contribution in [2.45, 2.75) is 30.9 Å². The number of nitrogens with zero attached hydrogens (tertiary/aromatic N) is 1. The summed E-state index contributed by atoms with van der Waals surface area (Å²) in [7, 11) is 0. The molecule has 0 fully saturated rings. The summed E-state index contributed by atoms with van der Waals surface area (Å²) in [5.41, 5.74) is 2.37. The van der Waals surface area contributed by atoms with E-state index in [9.17, 15) is 9.59 Å². The second-order valence-corrected chi connectivity index (χ2v) is 7.83. The van der Waals surface area contributed by atoms with E-state index in [4.69, 9.17) is 4.52 Å². The van der Waals surface area contributed by atoms with E-state index >= 15 is 0 Å². The molecule has 6 nitrogen and oxygen atoms in total. The Morgan fingerprint density at radius 3 is 2.46 bits per heavy atom. The van der Waals surface area contributed by atoms with Gasteiger partial charge >= 0.3 is 0 Å². The van der Waals surface area contributed by atoms with E-state index in [1.165, 1.54) is 11.8 Å². The van der Waals surface area contributed by atoms with Crippen molar-refractivity contribution in [3.05, 3.63) is 71.5 Å². The van der Waals surface area contributed by atoms with E-state index < -0.39 is 0 Å². The van der Waals surface area contributed by atoms with Crippen LogP contribution in [0.2, 0.25) is 0 Å². The highest BCUT2D eigenvalue weighted by Gasteiger charge is 2.16. The molecule has 0 spiro atoms. The Morgan fingerprint density at radius 2 is 1.79 bits per heavy atom. The molecule has 0 saturated heterocycles. The minimum Gasteiger partial charge on any atom is -0.360 e. The van der Waals surface area contributed by atoms with Gasteiger partial charge in [0, 0.05) is 22.2 Å². The Hall–Kier alpha value is -3.06. The molecule has 2 aromatic carbocycles. The molecule has 0 radical (unpaired) electrons. The Morgan fingerprint density at radius 1 is 1.04 bits per heavy atom. The minimum absolute atomic E-state index is 0.172. The minimum atomic E-state index is -0.347. The fraction of sp³-hybridized carbons (Fsp3) is 0.190. The number of aryl methyl sites for hydroxylation is 2. The third-order valence-electron chi connectivity index (χ3n) is 3.97.